The van der Waals surface area contributed by atoms with Crippen molar-refractivity contribution < 1.29 is 0 Å². The quantitative estimate of drug-likeness (QED) is 0.604. The highest BCUT2D eigenvalue weighted by atomic mass is 14.2. The second kappa shape index (κ2) is 7.53. The van der Waals surface area contributed by atoms with Crippen LogP contribution in [0.3, 0.4) is 0 Å². The van der Waals surface area contributed by atoms with Gasteiger partial charge in [-0.15, -0.1) is 0 Å². The molecular formula is C22H20. The molecule has 0 heterocycles. The van der Waals surface area contributed by atoms with Gasteiger partial charge in [-0.25, -0.2) is 0 Å². The third kappa shape index (κ3) is 4.28. The van der Waals surface area contributed by atoms with Crippen LogP contribution in [0.4, 0.5) is 0 Å². The summed E-state index contributed by atoms with van der Waals surface area (Å²) in [6, 6.07) is 20.5. The minimum atomic E-state index is 0.537. The van der Waals surface area contributed by atoms with Crippen LogP contribution in [0, 0.1) is 35.5 Å². The molecule has 3 rings (SSSR count). The van der Waals surface area contributed by atoms with E-state index in [4.69, 9.17) is 0 Å². The van der Waals surface area contributed by atoms with Gasteiger partial charge in [0.05, 0.1) is 0 Å². The Morgan fingerprint density at radius 1 is 0.545 bits per heavy atom. The Hall–Kier alpha value is -2.44. The topological polar surface area (TPSA) is 0 Å². The molecule has 1 aliphatic rings. The van der Waals surface area contributed by atoms with Gasteiger partial charge in [0, 0.05) is 23.0 Å². The molecule has 0 bridgehead atoms. The van der Waals surface area contributed by atoms with Crippen LogP contribution in [0.5, 0.6) is 0 Å². The maximum absolute atomic E-state index is 3.43. The van der Waals surface area contributed by atoms with E-state index in [9.17, 15) is 0 Å². The second-order valence-electron chi connectivity index (χ2n) is 5.82. The molecule has 0 aliphatic heterocycles. The maximum Gasteiger partial charge on any atom is 0.0245 e. The Labute approximate surface area is 133 Å². The molecule has 0 amide bonds. The fourth-order valence-electron chi connectivity index (χ4n) is 2.80. The minimum Gasteiger partial charge on any atom is -0.0945 e. The Kier molecular flexibility index (Phi) is 4.96. The first-order valence-electron chi connectivity index (χ1n) is 8.03. The van der Waals surface area contributed by atoms with E-state index < -0.39 is 0 Å². The van der Waals surface area contributed by atoms with Crippen LogP contribution in [0.1, 0.15) is 36.8 Å². The van der Waals surface area contributed by atoms with Gasteiger partial charge in [-0.3, -0.25) is 0 Å². The monoisotopic (exact) mass is 284 g/mol. The molecule has 0 atom stereocenters. The zero-order valence-corrected chi connectivity index (χ0v) is 12.8. The van der Waals surface area contributed by atoms with Crippen molar-refractivity contribution in [2.75, 3.05) is 0 Å². The predicted octanol–water partition coefficient (Wildman–Crippen LogP) is 4.90. The van der Waals surface area contributed by atoms with Gasteiger partial charge in [0.1, 0.15) is 0 Å². The molecule has 108 valence electrons. The molecule has 0 aromatic heterocycles. The fraction of sp³-hybridized carbons (Fsp3) is 0.273. The molecule has 1 fully saturated rings. The first kappa shape index (κ1) is 14.5. The summed E-state index contributed by atoms with van der Waals surface area (Å²) in [5, 5.41) is 0. The third-order valence-corrected chi connectivity index (χ3v) is 4.12. The Morgan fingerprint density at radius 3 is 1.27 bits per heavy atom. The lowest BCUT2D eigenvalue weighted by Gasteiger charge is -2.21. The van der Waals surface area contributed by atoms with Crippen LogP contribution in [-0.2, 0) is 0 Å². The molecule has 2 aromatic rings. The van der Waals surface area contributed by atoms with Gasteiger partial charge in [0.15, 0.2) is 0 Å². The van der Waals surface area contributed by atoms with Crippen molar-refractivity contribution in [3.8, 4) is 23.7 Å². The van der Waals surface area contributed by atoms with E-state index in [0.717, 1.165) is 11.1 Å². The van der Waals surface area contributed by atoms with Gasteiger partial charge in [0.2, 0.25) is 0 Å². The van der Waals surface area contributed by atoms with Gasteiger partial charge in [0.25, 0.3) is 0 Å². The molecular weight excluding hydrogens is 264 g/mol. The molecule has 1 aliphatic carbocycles. The van der Waals surface area contributed by atoms with Crippen LogP contribution in [-0.4, -0.2) is 0 Å². The first-order valence-corrected chi connectivity index (χ1v) is 8.03. The summed E-state index contributed by atoms with van der Waals surface area (Å²) in [4.78, 5) is 0. The molecule has 1 saturated carbocycles. The fourth-order valence-corrected chi connectivity index (χ4v) is 2.80. The van der Waals surface area contributed by atoms with Crippen LogP contribution in [0.25, 0.3) is 0 Å². The minimum absolute atomic E-state index is 0.537. The van der Waals surface area contributed by atoms with E-state index in [0.29, 0.717) is 11.8 Å². The van der Waals surface area contributed by atoms with Gasteiger partial charge < -0.3 is 0 Å². The Bertz CT molecular complexity index is 631. The van der Waals surface area contributed by atoms with Gasteiger partial charge in [-0.1, -0.05) is 60.1 Å². The normalized spacial score (nSPS) is 20.2. The van der Waals surface area contributed by atoms with Gasteiger partial charge in [-0.05, 0) is 49.9 Å². The Balaban J connectivity index is 1.53. The molecule has 0 heteroatoms. The molecule has 0 nitrogen and oxygen atoms in total. The molecule has 0 unspecified atom stereocenters. The summed E-state index contributed by atoms with van der Waals surface area (Å²) in [6.07, 6.45) is 4.70. The highest BCUT2D eigenvalue weighted by Crippen LogP contribution is 2.28. The number of benzene rings is 2. The average molecular weight is 284 g/mol. The lowest BCUT2D eigenvalue weighted by Crippen LogP contribution is -2.11. The Morgan fingerprint density at radius 2 is 0.909 bits per heavy atom. The summed E-state index contributed by atoms with van der Waals surface area (Å²) in [5.41, 5.74) is 2.24. The first-order chi connectivity index (χ1) is 10.9. The summed E-state index contributed by atoms with van der Waals surface area (Å²) >= 11 is 0. The lowest BCUT2D eigenvalue weighted by molar-refractivity contribution is 0.373. The zero-order chi connectivity index (χ0) is 15.0. The standard InChI is InChI=1S/C22H20/c1-3-7-19(8-4-1)11-13-21-15-17-22(18-16-21)14-12-20-9-5-2-6-10-20/h1-10,21-22H,15-18H2. The molecule has 22 heavy (non-hydrogen) atoms. The third-order valence-electron chi connectivity index (χ3n) is 4.12. The highest BCUT2D eigenvalue weighted by molar-refractivity contribution is 5.35. The number of hydrogen-bond acceptors (Lipinski definition) is 0. The lowest BCUT2D eigenvalue weighted by atomic mass is 9.82. The van der Waals surface area contributed by atoms with Crippen molar-refractivity contribution in [3.63, 3.8) is 0 Å². The molecule has 2 aromatic carbocycles. The summed E-state index contributed by atoms with van der Waals surface area (Å²) < 4.78 is 0. The van der Waals surface area contributed by atoms with Crippen molar-refractivity contribution in [2.24, 2.45) is 11.8 Å². The SMILES string of the molecule is C(#CC1CCC(C#Cc2ccccc2)CC1)c1ccccc1. The number of rotatable bonds is 0. The predicted molar refractivity (Wildman–Crippen MR) is 92.1 cm³/mol. The molecule has 0 spiro atoms. The van der Waals surface area contributed by atoms with Gasteiger partial charge in [-0.2, -0.15) is 0 Å². The van der Waals surface area contributed by atoms with Crippen molar-refractivity contribution >= 4 is 0 Å². The number of hydrogen-bond donors (Lipinski definition) is 0. The average Bonchev–Trinajstić information content (AvgIpc) is 2.61. The smallest absolute Gasteiger partial charge is 0.0245 e. The van der Waals surface area contributed by atoms with E-state index in [1.807, 2.05) is 36.4 Å². The molecule has 0 radical (unpaired) electrons. The summed E-state index contributed by atoms with van der Waals surface area (Å²) in [5.74, 6) is 14.5. The summed E-state index contributed by atoms with van der Waals surface area (Å²) in [7, 11) is 0. The second-order valence-corrected chi connectivity index (χ2v) is 5.82. The van der Waals surface area contributed by atoms with E-state index in [1.165, 1.54) is 25.7 Å². The van der Waals surface area contributed by atoms with Crippen molar-refractivity contribution in [1.82, 2.24) is 0 Å². The van der Waals surface area contributed by atoms with Crippen LogP contribution < -0.4 is 0 Å². The zero-order valence-electron chi connectivity index (χ0n) is 12.8. The van der Waals surface area contributed by atoms with E-state index in [-0.39, 0.29) is 0 Å². The van der Waals surface area contributed by atoms with Gasteiger partial charge >= 0.3 is 0 Å². The van der Waals surface area contributed by atoms with E-state index in [1.54, 1.807) is 0 Å². The van der Waals surface area contributed by atoms with Crippen molar-refractivity contribution in [2.45, 2.75) is 25.7 Å². The largest absolute Gasteiger partial charge is 0.0945 e. The highest BCUT2D eigenvalue weighted by Gasteiger charge is 2.18. The van der Waals surface area contributed by atoms with Crippen LogP contribution in [0.2, 0.25) is 0 Å². The van der Waals surface area contributed by atoms with Crippen molar-refractivity contribution in [3.05, 3.63) is 71.8 Å². The summed E-state index contributed by atoms with van der Waals surface area (Å²) in [6.45, 7) is 0. The van der Waals surface area contributed by atoms with E-state index >= 15 is 0 Å². The molecule has 0 N–H and O–H groups in total. The molecule has 0 saturated heterocycles. The van der Waals surface area contributed by atoms with Crippen LogP contribution >= 0.6 is 0 Å². The van der Waals surface area contributed by atoms with Crippen molar-refractivity contribution in [1.29, 1.82) is 0 Å². The van der Waals surface area contributed by atoms with Crippen LogP contribution in [0.15, 0.2) is 60.7 Å². The van der Waals surface area contributed by atoms with E-state index in [2.05, 4.69) is 47.9 Å². The maximum atomic E-state index is 3.43.